The molecule has 3 aromatic heterocycles. The number of thiophene rings is 1. The summed E-state index contributed by atoms with van der Waals surface area (Å²) in [5, 5.41) is 25.1. The zero-order chi connectivity index (χ0) is 20.2. The Morgan fingerprint density at radius 1 is 1.17 bits per heavy atom. The monoisotopic (exact) mass is 444 g/mol. The van der Waals surface area contributed by atoms with Crippen molar-refractivity contribution < 1.29 is 4.79 Å². The average Bonchev–Trinajstić information content (AvgIpc) is 3.45. The van der Waals surface area contributed by atoms with Crippen LogP contribution in [0.3, 0.4) is 0 Å². The van der Waals surface area contributed by atoms with Gasteiger partial charge in [-0.1, -0.05) is 55.1 Å². The SMILES string of the molecule is CCCn1c(SCC(=O)Nc2nnc(CC)s2)nnc1-c1csc2ccccc12. The number of aromatic nitrogens is 5. The highest BCUT2D eigenvalue weighted by Crippen LogP contribution is 2.34. The smallest absolute Gasteiger partial charge is 0.236 e. The van der Waals surface area contributed by atoms with Crippen LogP contribution in [-0.4, -0.2) is 36.6 Å². The van der Waals surface area contributed by atoms with Gasteiger partial charge in [-0.05, 0) is 18.9 Å². The first-order valence-corrected chi connectivity index (χ1v) is 12.0. The summed E-state index contributed by atoms with van der Waals surface area (Å²) < 4.78 is 3.33. The minimum atomic E-state index is -0.123. The number of hydrogen-bond acceptors (Lipinski definition) is 8. The van der Waals surface area contributed by atoms with Gasteiger partial charge in [-0.3, -0.25) is 10.1 Å². The number of nitrogens with zero attached hydrogens (tertiary/aromatic N) is 5. The van der Waals surface area contributed by atoms with Gasteiger partial charge in [-0.2, -0.15) is 0 Å². The number of carbonyl (C=O) groups is 1. The van der Waals surface area contributed by atoms with E-state index in [1.807, 2.05) is 19.1 Å². The standard InChI is InChI=1S/C19H20N6OS3/c1-3-9-25-17(13-10-27-14-8-6-5-7-12(13)14)22-24-19(25)28-11-15(26)20-18-23-21-16(4-2)29-18/h5-8,10H,3-4,9,11H2,1-2H3,(H,20,23,26). The van der Waals surface area contributed by atoms with Gasteiger partial charge in [-0.25, -0.2) is 0 Å². The predicted molar refractivity (Wildman–Crippen MR) is 120 cm³/mol. The van der Waals surface area contributed by atoms with Crippen molar-refractivity contribution in [2.24, 2.45) is 0 Å². The highest BCUT2D eigenvalue weighted by molar-refractivity contribution is 7.99. The molecule has 10 heteroatoms. The fraction of sp³-hybridized carbons (Fsp3) is 0.316. The number of benzene rings is 1. The Kier molecular flexibility index (Phi) is 6.22. The van der Waals surface area contributed by atoms with Gasteiger partial charge >= 0.3 is 0 Å². The number of anilines is 1. The van der Waals surface area contributed by atoms with Gasteiger partial charge in [0.05, 0.1) is 5.75 Å². The van der Waals surface area contributed by atoms with Crippen molar-refractivity contribution in [3.05, 3.63) is 34.7 Å². The van der Waals surface area contributed by atoms with E-state index in [2.05, 4.69) is 54.7 Å². The molecule has 0 bridgehead atoms. The molecular formula is C19H20N6OS3. The second-order valence-corrected chi connectivity index (χ2v) is 9.21. The molecule has 0 saturated heterocycles. The molecule has 1 amide bonds. The van der Waals surface area contributed by atoms with Gasteiger partial charge < -0.3 is 4.57 Å². The lowest BCUT2D eigenvalue weighted by Gasteiger charge is -2.08. The minimum absolute atomic E-state index is 0.123. The number of hydrogen-bond donors (Lipinski definition) is 1. The maximum Gasteiger partial charge on any atom is 0.236 e. The number of rotatable bonds is 8. The maximum absolute atomic E-state index is 12.3. The van der Waals surface area contributed by atoms with Gasteiger partial charge in [0.25, 0.3) is 0 Å². The maximum atomic E-state index is 12.3. The lowest BCUT2D eigenvalue weighted by molar-refractivity contribution is -0.113. The highest BCUT2D eigenvalue weighted by Gasteiger charge is 2.18. The zero-order valence-electron chi connectivity index (χ0n) is 16.1. The Labute approximate surface area is 180 Å². The molecule has 0 radical (unpaired) electrons. The van der Waals surface area contributed by atoms with E-state index in [-0.39, 0.29) is 11.7 Å². The summed E-state index contributed by atoms with van der Waals surface area (Å²) >= 11 is 4.49. The van der Waals surface area contributed by atoms with Crippen LogP contribution in [0.15, 0.2) is 34.8 Å². The molecule has 0 aliphatic rings. The van der Waals surface area contributed by atoms with Crippen molar-refractivity contribution >= 4 is 55.6 Å². The van der Waals surface area contributed by atoms with Gasteiger partial charge in [-0.15, -0.1) is 31.7 Å². The highest BCUT2D eigenvalue weighted by atomic mass is 32.2. The fourth-order valence-corrected chi connectivity index (χ4v) is 5.30. The van der Waals surface area contributed by atoms with Crippen molar-refractivity contribution in [1.82, 2.24) is 25.0 Å². The van der Waals surface area contributed by atoms with Gasteiger partial charge in [0.2, 0.25) is 11.0 Å². The number of thioether (sulfide) groups is 1. The molecule has 150 valence electrons. The Hall–Kier alpha value is -2.30. The second kappa shape index (κ2) is 9.02. The van der Waals surface area contributed by atoms with Crippen LogP contribution in [0.5, 0.6) is 0 Å². The van der Waals surface area contributed by atoms with Crippen LogP contribution in [0.4, 0.5) is 5.13 Å². The van der Waals surface area contributed by atoms with Crippen LogP contribution in [0.1, 0.15) is 25.3 Å². The van der Waals surface area contributed by atoms with Crippen molar-refractivity contribution in [2.45, 2.75) is 38.4 Å². The summed E-state index contributed by atoms with van der Waals surface area (Å²) in [6.45, 7) is 4.93. The van der Waals surface area contributed by atoms with Crippen molar-refractivity contribution in [3.63, 3.8) is 0 Å². The van der Waals surface area contributed by atoms with Crippen molar-refractivity contribution in [1.29, 1.82) is 0 Å². The van der Waals surface area contributed by atoms with E-state index >= 15 is 0 Å². The molecule has 0 aliphatic carbocycles. The van der Waals surface area contributed by atoms with E-state index < -0.39 is 0 Å². The molecule has 0 fully saturated rings. The number of amides is 1. The van der Waals surface area contributed by atoms with Crippen LogP contribution in [0.25, 0.3) is 21.5 Å². The third kappa shape index (κ3) is 4.34. The lowest BCUT2D eigenvalue weighted by atomic mass is 10.1. The van der Waals surface area contributed by atoms with E-state index in [1.54, 1.807) is 11.3 Å². The molecular weight excluding hydrogens is 424 g/mol. The third-order valence-corrected chi connectivity index (χ3v) is 7.15. The van der Waals surface area contributed by atoms with Crippen LogP contribution in [-0.2, 0) is 17.8 Å². The number of carbonyl (C=O) groups excluding carboxylic acids is 1. The summed E-state index contributed by atoms with van der Waals surface area (Å²) in [7, 11) is 0. The number of nitrogens with one attached hydrogen (secondary N) is 1. The predicted octanol–water partition coefficient (Wildman–Crippen LogP) is 4.71. The zero-order valence-corrected chi connectivity index (χ0v) is 18.5. The molecule has 1 N–H and O–H groups in total. The normalized spacial score (nSPS) is 11.2. The van der Waals surface area contributed by atoms with Gasteiger partial charge in [0, 0.05) is 27.6 Å². The lowest BCUT2D eigenvalue weighted by Crippen LogP contribution is -2.14. The molecule has 3 heterocycles. The molecule has 4 aromatic rings. The summed E-state index contributed by atoms with van der Waals surface area (Å²) in [5.74, 6) is 0.971. The van der Waals surface area contributed by atoms with Crippen LogP contribution in [0, 0.1) is 0 Å². The largest absolute Gasteiger partial charge is 0.302 e. The topological polar surface area (TPSA) is 85.6 Å². The Morgan fingerprint density at radius 2 is 2.03 bits per heavy atom. The van der Waals surface area contributed by atoms with Gasteiger partial charge in [0.15, 0.2) is 11.0 Å². The average molecular weight is 445 g/mol. The molecule has 29 heavy (non-hydrogen) atoms. The molecule has 0 aliphatic heterocycles. The minimum Gasteiger partial charge on any atom is -0.302 e. The van der Waals surface area contributed by atoms with E-state index in [0.29, 0.717) is 5.13 Å². The third-order valence-electron chi connectivity index (χ3n) is 4.23. The number of fused-ring (bicyclic) bond motifs is 1. The van der Waals surface area contributed by atoms with Crippen molar-refractivity contribution in [3.8, 4) is 11.4 Å². The van der Waals surface area contributed by atoms with E-state index in [4.69, 9.17) is 0 Å². The molecule has 7 nitrogen and oxygen atoms in total. The summed E-state index contributed by atoms with van der Waals surface area (Å²) in [4.78, 5) is 12.3. The van der Waals surface area contributed by atoms with Gasteiger partial charge in [0.1, 0.15) is 5.01 Å². The summed E-state index contributed by atoms with van der Waals surface area (Å²) in [5.41, 5.74) is 1.09. The Balaban J connectivity index is 1.51. The van der Waals surface area contributed by atoms with Crippen LogP contribution in [0.2, 0.25) is 0 Å². The van der Waals surface area contributed by atoms with Crippen LogP contribution >= 0.6 is 34.4 Å². The number of aryl methyl sites for hydroxylation is 1. The van der Waals surface area contributed by atoms with Crippen molar-refractivity contribution in [2.75, 3.05) is 11.1 Å². The first kappa shape index (κ1) is 20.0. The first-order chi connectivity index (χ1) is 14.2. The first-order valence-electron chi connectivity index (χ1n) is 9.34. The summed E-state index contributed by atoms with van der Waals surface area (Å²) in [6, 6.07) is 8.30. The summed E-state index contributed by atoms with van der Waals surface area (Å²) in [6.07, 6.45) is 1.76. The molecule has 0 atom stereocenters. The fourth-order valence-electron chi connectivity index (χ4n) is 2.90. The molecule has 0 unspecified atom stereocenters. The molecule has 4 rings (SSSR count). The quantitative estimate of drug-likeness (QED) is 0.396. The Bertz CT molecular complexity index is 1130. The Morgan fingerprint density at radius 3 is 2.83 bits per heavy atom. The van der Waals surface area contributed by atoms with E-state index in [1.165, 1.54) is 33.2 Å². The van der Waals surface area contributed by atoms with E-state index in [9.17, 15) is 4.79 Å². The molecule has 1 aromatic carbocycles. The van der Waals surface area contributed by atoms with Crippen LogP contribution < -0.4 is 5.32 Å². The molecule has 0 saturated carbocycles. The second-order valence-electron chi connectivity index (χ2n) is 6.29. The molecule has 0 spiro atoms. The van der Waals surface area contributed by atoms with E-state index in [0.717, 1.165) is 40.9 Å².